The van der Waals surface area contributed by atoms with Crippen LogP contribution in [0.5, 0.6) is 5.88 Å². The van der Waals surface area contributed by atoms with E-state index in [1.165, 1.54) is 32.4 Å². The van der Waals surface area contributed by atoms with Gasteiger partial charge in [0.2, 0.25) is 5.88 Å². The van der Waals surface area contributed by atoms with Crippen molar-refractivity contribution in [3.05, 3.63) is 23.9 Å². The van der Waals surface area contributed by atoms with E-state index in [0.717, 1.165) is 37.6 Å². The first-order valence-corrected chi connectivity index (χ1v) is 9.57. The highest BCUT2D eigenvalue weighted by atomic mass is 127. The Balaban J connectivity index is 0.00000243. The van der Waals surface area contributed by atoms with Gasteiger partial charge in [-0.3, -0.25) is 9.89 Å². The SMILES string of the molecule is CCCOc1ccc(CNC(=NC)N2CCC(N3CCCC3)C2)cn1.I. The second kappa shape index (κ2) is 10.9. The molecule has 2 aliphatic rings. The van der Waals surface area contributed by atoms with Gasteiger partial charge in [0.05, 0.1) is 6.61 Å². The number of aromatic nitrogens is 1. The molecule has 2 aliphatic heterocycles. The van der Waals surface area contributed by atoms with E-state index in [0.29, 0.717) is 18.5 Å². The van der Waals surface area contributed by atoms with Gasteiger partial charge in [-0.1, -0.05) is 13.0 Å². The third-order valence-corrected chi connectivity index (χ3v) is 5.03. The maximum atomic E-state index is 5.53. The Morgan fingerprint density at radius 1 is 1.31 bits per heavy atom. The Morgan fingerprint density at radius 3 is 2.77 bits per heavy atom. The minimum Gasteiger partial charge on any atom is -0.478 e. The van der Waals surface area contributed by atoms with Crippen LogP contribution in [0.25, 0.3) is 0 Å². The van der Waals surface area contributed by atoms with Crippen molar-refractivity contribution in [2.24, 2.45) is 4.99 Å². The van der Waals surface area contributed by atoms with E-state index in [4.69, 9.17) is 4.74 Å². The predicted molar refractivity (Wildman–Crippen MR) is 116 cm³/mol. The van der Waals surface area contributed by atoms with Crippen molar-refractivity contribution >= 4 is 29.9 Å². The van der Waals surface area contributed by atoms with Crippen molar-refractivity contribution in [1.82, 2.24) is 20.1 Å². The largest absolute Gasteiger partial charge is 0.478 e. The fourth-order valence-corrected chi connectivity index (χ4v) is 3.66. The molecule has 0 aromatic carbocycles. The molecule has 1 N–H and O–H groups in total. The number of halogens is 1. The van der Waals surface area contributed by atoms with Crippen molar-refractivity contribution in [3.63, 3.8) is 0 Å². The number of nitrogens with one attached hydrogen (secondary N) is 1. The van der Waals surface area contributed by atoms with E-state index in [1.807, 2.05) is 19.3 Å². The number of ether oxygens (including phenoxy) is 1. The van der Waals surface area contributed by atoms with Gasteiger partial charge in [0.15, 0.2) is 5.96 Å². The Labute approximate surface area is 174 Å². The van der Waals surface area contributed by atoms with Crippen molar-refractivity contribution in [3.8, 4) is 5.88 Å². The van der Waals surface area contributed by atoms with Gasteiger partial charge in [-0.15, -0.1) is 24.0 Å². The van der Waals surface area contributed by atoms with Crippen LogP contribution < -0.4 is 10.1 Å². The van der Waals surface area contributed by atoms with Crippen molar-refractivity contribution in [1.29, 1.82) is 0 Å². The summed E-state index contributed by atoms with van der Waals surface area (Å²) >= 11 is 0. The second-order valence-electron chi connectivity index (χ2n) is 6.89. The topological polar surface area (TPSA) is 53.0 Å². The number of hydrogen-bond donors (Lipinski definition) is 1. The minimum absolute atomic E-state index is 0. The third-order valence-electron chi connectivity index (χ3n) is 5.03. The predicted octanol–water partition coefficient (Wildman–Crippen LogP) is 2.73. The molecule has 7 heteroatoms. The number of rotatable bonds is 6. The lowest BCUT2D eigenvalue weighted by molar-refractivity contribution is 0.249. The molecule has 0 amide bonds. The monoisotopic (exact) mass is 473 g/mol. The van der Waals surface area contributed by atoms with E-state index >= 15 is 0 Å². The molecule has 2 fully saturated rings. The van der Waals surface area contributed by atoms with Crippen LogP contribution in [0.15, 0.2) is 23.3 Å². The Kier molecular flexibility index (Phi) is 8.90. The molecule has 26 heavy (non-hydrogen) atoms. The first-order chi connectivity index (χ1) is 12.3. The van der Waals surface area contributed by atoms with Crippen LogP contribution in [0, 0.1) is 0 Å². The van der Waals surface area contributed by atoms with Crippen LogP contribution in [0.1, 0.15) is 38.2 Å². The number of aliphatic imine (C=N–C) groups is 1. The maximum Gasteiger partial charge on any atom is 0.213 e. The van der Waals surface area contributed by atoms with Gasteiger partial charge in [0, 0.05) is 45.0 Å². The zero-order valence-corrected chi connectivity index (χ0v) is 18.3. The molecule has 0 bridgehead atoms. The number of pyridine rings is 1. The molecule has 1 aromatic rings. The molecule has 2 saturated heterocycles. The average Bonchev–Trinajstić information content (AvgIpc) is 3.33. The summed E-state index contributed by atoms with van der Waals surface area (Å²) in [5.74, 6) is 1.69. The Morgan fingerprint density at radius 2 is 2.12 bits per heavy atom. The van der Waals surface area contributed by atoms with E-state index < -0.39 is 0 Å². The first-order valence-electron chi connectivity index (χ1n) is 9.57. The summed E-state index contributed by atoms with van der Waals surface area (Å²) in [5.41, 5.74) is 1.14. The summed E-state index contributed by atoms with van der Waals surface area (Å²) in [4.78, 5) is 13.9. The van der Waals surface area contributed by atoms with Crippen molar-refractivity contribution in [2.45, 2.75) is 45.2 Å². The van der Waals surface area contributed by atoms with Crippen LogP contribution in [-0.4, -0.2) is 66.6 Å². The standard InChI is InChI=1S/C19H31N5O.HI/c1-3-12-25-18-7-6-16(13-21-18)14-22-19(20-2)24-11-8-17(15-24)23-9-4-5-10-23;/h6-7,13,17H,3-5,8-12,14-15H2,1-2H3,(H,20,22);1H. The molecule has 3 heterocycles. The van der Waals surface area contributed by atoms with Crippen LogP contribution in [0.4, 0.5) is 0 Å². The molecule has 0 spiro atoms. The summed E-state index contributed by atoms with van der Waals surface area (Å²) in [7, 11) is 1.87. The molecule has 1 atom stereocenters. The normalized spacial score (nSPS) is 20.9. The highest BCUT2D eigenvalue weighted by Gasteiger charge is 2.30. The number of likely N-dealkylation sites (tertiary alicyclic amines) is 2. The zero-order chi connectivity index (χ0) is 17.5. The van der Waals surface area contributed by atoms with Gasteiger partial charge >= 0.3 is 0 Å². The number of guanidine groups is 1. The summed E-state index contributed by atoms with van der Waals surface area (Å²) in [6.07, 6.45) is 6.83. The molecule has 3 rings (SSSR count). The molecule has 6 nitrogen and oxygen atoms in total. The van der Waals surface area contributed by atoms with Crippen molar-refractivity contribution in [2.75, 3.05) is 39.8 Å². The molecule has 0 radical (unpaired) electrons. The molecular weight excluding hydrogens is 441 g/mol. The van der Waals surface area contributed by atoms with E-state index in [-0.39, 0.29) is 24.0 Å². The minimum atomic E-state index is 0. The van der Waals surface area contributed by atoms with E-state index in [1.54, 1.807) is 0 Å². The van der Waals surface area contributed by atoms with E-state index in [2.05, 4.69) is 38.1 Å². The van der Waals surface area contributed by atoms with Crippen molar-refractivity contribution < 1.29 is 4.74 Å². The summed E-state index contributed by atoms with van der Waals surface area (Å²) in [5, 5.41) is 3.48. The summed E-state index contributed by atoms with van der Waals surface area (Å²) < 4.78 is 5.53. The summed E-state index contributed by atoms with van der Waals surface area (Å²) in [6.45, 7) is 8.25. The maximum absolute atomic E-state index is 5.53. The van der Waals surface area contributed by atoms with E-state index in [9.17, 15) is 0 Å². The van der Waals surface area contributed by atoms with Gasteiger partial charge in [-0.25, -0.2) is 4.98 Å². The number of nitrogens with zero attached hydrogens (tertiary/aromatic N) is 4. The van der Waals surface area contributed by atoms with Gasteiger partial charge in [0.25, 0.3) is 0 Å². The van der Waals surface area contributed by atoms with Gasteiger partial charge in [0.1, 0.15) is 0 Å². The molecule has 1 aromatic heterocycles. The average molecular weight is 473 g/mol. The second-order valence-corrected chi connectivity index (χ2v) is 6.89. The quantitative estimate of drug-likeness (QED) is 0.391. The highest BCUT2D eigenvalue weighted by Crippen LogP contribution is 2.20. The third kappa shape index (κ3) is 5.70. The highest BCUT2D eigenvalue weighted by molar-refractivity contribution is 14.0. The van der Waals surface area contributed by atoms with Crippen LogP contribution in [0.3, 0.4) is 0 Å². The molecule has 146 valence electrons. The lowest BCUT2D eigenvalue weighted by Crippen LogP contribution is -2.42. The molecular formula is C19H32IN5O. The van der Waals surface area contributed by atoms with Gasteiger partial charge in [-0.2, -0.15) is 0 Å². The van der Waals surface area contributed by atoms with Crippen LogP contribution >= 0.6 is 24.0 Å². The zero-order valence-electron chi connectivity index (χ0n) is 16.0. The first kappa shape index (κ1) is 21.2. The Bertz CT molecular complexity index is 560. The molecule has 1 unspecified atom stereocenters. The van der Waals surface area contributed by atoms with Crippen LogP contribution in [0.2, 0.25) is 0 Å². The fraction of sp³-hybridized carbons (Fsp3) is 0.684. The Hall–Kier alpha value is -1.09. The molecule has 0 saturated carbocycles. The lowest BCUT2D eigenvalue weighted by atomic mass is 10.2. The number of hydrogen-bond acceptors (Lipinski definition) is 4. The molecule has 0 aliphatic carbocycles. The smallest absolute Gasteiger partial charge is 0.213 e. The lowest BCUT2D eigenvalue weighted by Gasteiger charge is -2.25. The summed E-state index contributed by atoms with van der Waals surface area (Å²) in [6, 6.07) is 4.70. The van der Waals surface area contributed by atoms with Gasteiger partial charge < -0.3 is 15.0 Å². The van der Waals surface area contributed by atoms with Gasteiger partial charge in [-0.05, 0) is 44.3 Å². The fourth-order valence-electron chi connectivity index (χ4n) is 3.66. The van der Waals surface area contributed by atoms with Crippen LogP contribution in [-0.2, 0) is 6.54 Å².